The molecule has 1 saturated heterocycles. The normalized spacial score (nSPS) is 14.8. The van der Waals surface area contributed by atoms with Gasteiger partial charge in [0.15, 0.2) is 0 Å². The topological polar surface area (TPSA) is 159 Å². The molecule has 4 N–H and O–H groups in total. The van der Waals surface area contributed by atoms with Gasteiger partial charge >= 0.3 is 23.9 Å². The van der Waals surface area contributed by atoms with Gasteiger partial charge in [0.1, 0.15) is 0 Å². The number of carboxylic acid groups (broad SMARTS) is 4. The lowest BCUT2D eigenvalue weighted by atomic mass is 10.2. The van der Waals surface area contributed by atoms with Gasteiger partial charge in [-0.2, -0.15) is 0 Å². The van der Waals surface area contributed by atoms with E-state index in [1.165, 1.54) is 60.3 Å². The third-order valence-corrected chi connectivity index (χ3v) is 6.85. The number of piperazine rings is 1. The maximum atomic E-state index is 9.55. The summed E-state index contributed by atoms with van der Waals surface area (Å²) >= 11 is 1.89. The van der Waals surface area contributed by atoms with Gasteiger partial charge in [-0.1, -0.05) is 36.0 Å². The van der Waals surface area contributed by atoms with Gasteiger partial charge in [-0.15, -0.1) is 0 Å². The molecule has 0 atom stereocenters. The Morgan fingerprint density at radius 3 is 1.48 bits per heavy atom. The standard InChI is InChI=1S/C20H25N3S.2C4H4O4/c1-21-13-15-22(16-14-21)11-6-12-23-17-7-2-4-9-19(17)24-20-10-5-3-8-18(20)23;2*5-3(6)1-2-4(7)8/h2-5,7-10H,6,11-16H2,1H3;2*1-2H,(H,5,6)(H,7,8)/b;2*2-1-. The van der Waals surface area contributed by atoms with Crippen molar-refractivity contribution in [2.24, 2.45) is 0 Å². The molecule has 0 aromatic heterocycles. The Morgan fingerprint density at radius 1 is 0.675 bits per heavy atom. The molecule has 0 saturated carbocycles. The minimum absolute atomic E-state index is 0.558. The second-order valence-corrected chi connectivity index (χ2v) is 9.79. The van der Waals surface area contributed by atoms with E-state index in [1.54, 1.807) is 0 Å². The summed E-state index contributed by atoms with van der Waals surface area (Å²) in [5.41, 5.74) is 2.72. The van der Waals surface area contributed by atoms with Gasteiger partial charge in [0, 0.05) is 66.8 Å². The van der Waals surface area contributed by atoms with Crippen molar-refractivity contribution in [3.05, 3.63) is 72.8 Å². The molecule has 4 rings (SSSR count). The van der Waals surface area contributed by atoms with Crippen molar-refractivity contribution in [1.82, 2.24) is 9.80 Å². The monoisotopic (exact) mass is 571 g/mol. The number of benzene rings is 2. The van der Waals surface area contributed by atoms with E-state index in [-0.39, 0.29) is 0 Å². The van der Waals surface area contributed by atoms with Crippen molar-refractivity contribution in [1.29, 1.82) is 0 Å². The number of para-hydroxylation sites is 2. The van der Waals surface area contributed by atoms with E-state index in [0.717, 1.165) is 6.54 Å². The van der Waals surface area contributed by atoms with Crippen molar-refractivity contribution in [3.8, 4) is 0 Å². The van der Waals surface area contributed by atoms with E-state index in [0.29, 0.717) is 24.3 Å². The van der Waals surface area contributed by atoms with Gasteiger partial charge in [0.2, 0.25) is 0 Å². The Balaban J connectivity index is 0.000000290. The number of carboxylic acids is 4. The summed E-state index contributed by atoms with van der Waals surface area (Å²) in [4.78, 5) is 48.5. The first-order valence-corrected chi connectivity index (χ1v) is 13.2. The van der Waals surface area contributed by atoms with Gasteiger partial charge in [0.25, 0.3) is 0 Å². The molecule has 2 aromatic rings. The second kappa shape index (κ2) is 16.7. The zero-order chi connectivity index (χ0) is 29.5. The minimum Gasteiger partial charge on any atom is -0.478 e. The maximum Gasteiger partial charge on any atom is 0.328 e. The Labute approximate surface area is 236 Å². The van der Waals surface area contributed by atoms with Crippen LogP contribution in [0, 0.1) is 0 Å². The van der Waals surface area contributed by atoms with Crippen LogP contribution in [0.3, 0.4) is 0 Å². The molecule has 0 aliphatic carbocycles. The Kier molecular flexibility index (Phi) is 13.4. The molecular formula is C28H33N3O8S. The lowest BCUT2D eigenvalue weighted by Crippen LogP contribution is -2.45. The third kappa shape index (κ3) is 11.7. The number of aliphatic carboxylic acids is 4. The number of fused-ring (bicyclic) bond motifs is 2. The minimum atomic E-state index is -1.26. The lowest BCUT2D eigenvalue weighted by Gasteiger charge is -2.35. The highest BCUT2D eigenvalue weighted by atomic mass is 32.2. The zero-order valence-electron chi connectivity index (χ0n) is 22.0. The summed E-state index contributed by atoms with van der Waals surface area (Å²) in [7, 11) is 2.22. The molecule has 1 fully saturated rings. The summed E-state index contributed by atoms with van der Waals surface area (Å²) in [6.07, 6.45) is 3.44. The van der Waals surface area contributed by atoms with Gasteiger partial charge in [-0.05, 0) is 44.3 Å². The summed E-state index contributed by atoms with van der Waals surface area (Å²) in [6, 6.07) is 17.6. The predicted octanol–water partition coefficient (Wildman–Crippen LogP) is 3.35. The number of rotatable bonds is 8. The fourth-order valence-electron chi connectivity index (χ4n) is 3.83. The molecule has 0 spiro atoms. The number of likely N-dealkylation sites (N-methyl/N-ethyl adjacent to an activating group) is 1. The van der Waals surface area contributed by atoms with E-state index < -0.39 is 23.9 Å². The first kappa shape index (κ1) is 32.1. The Bertz CT molecular complexity index is 1110. The van der Waals surface area contributed by atoms with Crippen LogP contribution >= 0.6 is 11.8 Å². The quantitative estimate of drug-likeness (QED) is 0.343. The molecule has 11 nitrogen and oxygen atoms in total. The van der Waals surface area contributed by atoms with Crippen LogP contribution in [0.4, 0.5) is 11.4 Å². The van der Waals surface area contributed by atoms with Crippen LogP contribution in [0.25, 0.3) is 0 Å². The number of hydrogen-bond acceptors (Lipinski definition) is 8. The summed E-state index contributed by atoms with van der Waals surface area (Å²) in [5, 5.41) is 31.2. The second-order valence-electron chi connectivity index (χ2n) is 8.71. The van der Waals surface area contributed by atoms with E-state index in [2.05, 4.69) is 70.3 Å². The molecule has 2 heterocycles. The van der Waals surface area contributed by atoms with Crippen LogP contribution in [-0.4, -0.2) is 100 Å². The van der Waals surface area contributed by atoms with Crippen molar-refractivity contribution in [3.63, 3.8) is 0 Å². The number of hydrogen-bond donors (Lipinski definition) is 4. The van der Waals surface area contributed by atoms with Crippen molar-refractivity contribution >= 4 is 47.0 Å². The third-order valence-electron chi connectivity index (χ3n) is 5.72. The zero-order valence-corrected chi connectivity index (χ0v) is 22.9. The van der Waals surface area contributed by atoms with Gasteiger partial charge in [-0.3, -0.25) is 0 Å². The molecule has 0 radical (unpaired) electrons. The van der Waals surface area contributed by atoms with Crippen molar-refractivity contribution in [2.75, 3.05) is 51.2 Å². The highest BCUT2D eigenvalue weighted by Crippen LogP contribution is 2.47. The smallest absolute Gasteiger partial charge is 0.328 e. The molecule has 0 amide bonds. The van der Waals surface area contributed by atoms with Crippen LogP contribution in [0.2, 0.25) is 0 Å². The molecule has 2 aromatic carbocycles. The van der Waals surface area contributed by atoms with Crippen LogP contribution in [0.1, 0.15) is 6.42 Å². The van der Waals surface area contributed by atoms with E-state index in [1.807, 2.05) is 11.8 Å². The molecule has 0 unspecified atom stereocenters. The highest BCUT2D eigenvalue weighted by Gasteiger charge is 2.22. The van der Waals surface area contributed by atoms with Gasteiger partial charge in [0.05, 0.1) is 11.4 Å². The van der Waals surface area contributed by atoms with Crippen LogP contribution in [0.15, 0.2) is 82.6 Å². The summed E-state index contributed by atoms with van der Waals surface area (Å²) in [6.45, 7) is 7.10. The molecule has 2 aliphatic heterocycles. The molecule has 0 bridgehead atoms. The first-order valence-electron chi connectivity index (χ1n) is 12.4. The van der Waals surface area contributed by atoms with Gasteiger partial charge < -0.3 is 35.1 Å². The van der Waals surface area contributed by atoms with Gasteiger partial charge in [-0.25, -0.2) is 19.2 Å². The number of carbonyl (C=O) groups is 4. The van der Waals surface area contributed by atoms with Crippen molar-refractivity contribution in [2.45, 2.75) is 16.2 Å². The fourth-order valence-corrected chi connectivity index (χ4v) is 4.93. The molecular weight excluding hydrogens is 538 g/mol. The number of nitrogens with zero attached hydrogens (tertiary/aromatic N) is 3. The Hall–Kier alpha value is -4.13. The van der Waals surface area contributed by atoms with Crippen LogP contribution < -0.4 is 4.90 Å². The molecule has 214 valence electrons. The van der Waals surface area contributed by atoms with Crippen LogP contribution in [-0.2, 0) is 19.2 Å². The maximum absolute atomic E-state index is 9.55. The predicted molar refractivity (Wildman–Crippen MR) is 151 cm³/mol. The molecule has 2 aliphatic rings. The largest absolute Gasteiger partial charge is 0.478 e. The van der Waals surface area contributed by atoms with E-state index >= 15 is 0 Å². The fraction of sp³-hybridized carbons (Fsp3) is 0.286. The molecule has 40 heavy (non-hydrogen) atoms. The Morgan fingerprint density at radius 2 is 1.07 bits per heavy atom. The first-order chi connectivity index (χ1) is 19.1. The average Bonchev–Trinajstić information content (AvgIpc) is 2.92. The average molecular weight is 572 g/mol. The lowest BCUT2D eigenvalue weighted by molar-refractivity contribution is -0.134. The molecule has 12 heteroatoms. The SMILES string of the molecule is CN1CCN(CCCN2c3ccccc3Sc3ccccc32)CC1.O=C(O)/C=C\C(=O)O.O=C(O)/C=C\C(=O)O. The van der Waals surface area contributed by atoms with Crippen molar-refractivity contribution < 1.29 is 39.6 Å². The van der Waals surface area contributed by atoms with E-state index in [4.69, 9.17) is 20.4 Å². The number of anilines is 2. The highest BCUT2D eigenvalue weighted by molar-refractivity contribution is 7.99. The van der Waals surface area contributed by atoms with E-state index in [9.17, 15) is 19.2 Å². The van der Waals surface area contributed by atoms with Crippen LogP contribution in [0.5, 0.6) is 0 Å². The summed E-state index contributed by atoms with van der Waals surface area (Å²) < 4.78 is 0. The summed E-state index contributed by atoms with van der Waals surface area (Å²) in [5.74, 6) is -5.03.